The highest BCUT2D eigenvalue weighted by Gasteiger charge is 2.19. The normalized spacial score (nSPS) is 15.0. The largest absolute Gasteiger partial charge is 0.341 e. The zero-order chi connectivity index (χ0) is 19.5. The molecule has 1 aliphatic heterocycles. The van der Waals surface area contributed by atoms with E-state index in [-0.39, 0.29) is 36.0 Å². The lowest BCUT2D eigenvalue weighted by atomic mass is 10.2. The molecule has 0 spiro atoms. The van der Waals surface area contributed by atoms with Gasteiger partial charge in [-0.3, -0.25) is 14.2 Å². The van der Waals surface area contributed by atoms with Gasteiger partial charge in [0.05, 0.1) is 6.54 Å². The van der Waals surface area contributed by atoms with Gasteiger partial charge in [0.15, 0.2) is 11.2 Å². The highest BCUT2D eigenvalue weighted by molar-refractivity contribution is 5.76. The fourth-order valence-corrected chi connectivity index (χ4v) is 3.46. The topological polar surface area (TPSA) is 85.9 Å². The average Bonchev–Trinajstić information content (AvgIpc) is 2.91. The number of amides is 1. The summed E-state index contributed by atoms with van der Waals surface area (Å²) < 4.78 is 16.5. The molecule has 28 heavy (non-hydrogen) atoms. The number of carbonyl (C=O) groups excluding carboxylic acids is 1. The van der Waals surface area contributed by atoms with Crippen LogP contribution in [0.3, 0.4) is 0 Å². The lowest BCUT2D eigenvalue weighted by Gasteiger charge is -2.20. The van der Waals surface area contributed by atoms with Crippen LogP contribution in [-0.4, -0.2) is 48.4 Å². The third-order valence-corrected chi connectivity index (χ3v) is 5.03. The minimum absolute atomic E-state index is 0.0675. The summed E-state index contributed by atoms with van der Waals surface area (Å²) in [4.78, 5) is 31.3. The maximum Gasteiger partial charge on any atom is 0.283 e. The Bertz CT molecular complexity index is 1050. The molecule has 1 aromatic carbocycles. The van der Waals surface area contributed by atoms with Crippen molar-refractivity contribution >= 4 is 17.1 Å². The van der Waals surface area contributed by atoms with Crippen molar-refractivity contribution < 1.29 is 9.18 Å². The summed E-state index contributed by atoms with van der Waals surface area (Å²) in [7, 11) is 0. The van der Waals surface area contributed by atoms with Gasteiger partial charge >= 0.3 is 0 Å². The molecular weight excluding hydrogens is 363 g/mol. The molecule has 0 radical (unpaired) electrons. The van der Waals surface area contributed by atoms with E-state index >= 15 is 0 Å². The quantitative estimate of drug-likeness (QED) is 0.682. The van der Waals surface area contributed by atoms with Crippen molar-refractivity contribution in [3.05, 3.63) is 52.3 Å². The van der Waals surface area contributed by atoms with Crippen molar-refractivity contribution in [1.82, 2.24) is 29.4 Å². The van der Waals surface area contributed by atoms with E-state index in [1.165, 1.54) is 21.6 Å². The van der Waals surface area contributed by atoms with Crippen LogP contribution in [0, 0.1) is 5.82 Å². The Morgan fingerprint density at radius 1 is 1.11 bits per heavy atom. The number of hydrogen-bond acceptors (Lipinski definition) is 5. The molecule has 146 valence electrons. The second-order valence-corrected chi connectivity index (χ2v) is 6.98. The second kappa shape index (κ2) is 7.87. The molecule has 0 bridgehead atoms. The molecule has 0 N–H and O–H groups in total. The van der Waals surface area contributed by atoms with Crippen LogP contribution in [0.15, 0.2) is 35.4 Å². The van der Waals surface area contributed by atoms with Crippen LogP contribution >= 0.6 is 0 Å². The average molecular weight is 384 g/mol. The molecule has 1 aliphatic rings. The predicted octanol–water partition coefficient (Wildman–Crippen LogP) is 1.58. The summed E-state index contributed by atoms with van der Waals surface area (Å²) in [5.41, 5.74) is 0.346. The SMILES string of the molecule is O=C(Cn1cnc2c(nnn2Cc2ccccc2F)c1=O)N1CCCCCC1. The first-order chi connectivity index (χ1) is 13.6. The van der Waals surface area contributed by atoms with Crippen molar-refractivity contribution in [2.24, 2.45) is 0 Å². The first-order valence-corrected chi connectivity index (χ1v) is 9.43. The Hall–Kier alpha value is -3.10. The number of hydrogen-bond donors (Lipinski definition) is 0. The van der Waals surface area contributed by atoms with Crippen molar-refractivity contribution in [3.8, 4) is 0 Å². The Kier molecular flexibility index (Phi) is 5.14. The summed E-state index contributed by atoms with van der Waals surface area (Å²) in [6.07, 6.45) is 5.57. The molecule has 1 saturated heterocycles. The van der Waals surface area contributed by atoms with Crippen LogP contribution in [-0.2, 0) is 17.9 Å². The van der Waals surface area contributed by atoms with Gasteiger partial charge in [-0.2, -0.15) is 0 Å². The van der Waals surface area contributed by atoms with Gasteiger partial charge in [0.25, 0.3) is 5.56 Å². The monoisotopic (exact) mass is 384 g/mol. The second-order valence-electron chi connectivity index (χ2n) is 6.98. The van der Waals surface area contributed by atoms with Crippen molar-refractivity contribution in [3.63, 3.8) is 0 Å². The van der Waals surface area contributed by atoms with Crippen molar-refractivity contribution in [1.29, 1.82) is 0 Å². The first kappa shape index (κ1) is 18.3. The van der Waals surface area contributed by atoms with E-state index in [0.29, 0.717) is 5.56 Å². The molecule has 1 amide bonds. The lowest BCUT2D eigenvalue weighted by Crippen LogP contribution is -2.37. The van der Waals surface area contributed by atoms with Crippen molar-refractivity contribution in [2.75, 3.05) is 13.1 Å². The minimum atomic E-state index is -0.423. The molecular formula is C19H21FN6O2. The number of benzene rings is 1. The maximum absolute atomic E-state index is 13.9. The van der Waals surface area contributed by atoms with Crippen LogP contribution in [0.5, 0.6) is 0 Å². The van der Waals surface area contributed by atoms with E-state index in [9.17, 15) is 14.0 Å². The van der Waals surface area contributed by atoms with Crippen LogP contribution in [0.4, 0.5) is 4.39 Å². The minimum Gasteiger partial charge on any atom is -0.341 e. The molecule has 2 aromatic heterocycles. The van der Waals surface area contributed by atoms with Crippen LogP contribution in [0.25, 0.3) is 11.2 Å². The first-order valence-electron chi connectivity index (χ1n) is 9.43. The van der Waals surface area contributed by atoms with Gasteiger partial charge in [-0.25, -0.2) is 14.1 Å². The molecule has 9 heteroatoms. The number of aromatic nitrogens is 5. The van der Waals surface area contributed by atoms with Crippen LogP contribution in [0.1, 0.15) is 31.2 Å². The van der Waals surface area contributed by atoms with Gasteiger partial charge in [-0.05, 0) is 18.9 Å². The molecule has 3 aromatic rings. The number of carbonyl (C=O) groups is 1. The van der Waals surface area contributed by atoms with E-state index in [2.05, 4.69) is 15.3 Å². The number of nitrogens with zero attached hydrogens (tertiary/aromatic N) is 6. The van der Waals surface area contributed by atoms with E-state index in [1.54, 1.807) is 23.1 Å². The molecule has 3 heterocycles. The molecule has 4 rings (SSSR count). The van der Waals surface area contributed by atoms with Crippen molar-refractivity contribution in [2.45, 2.75) is 38.8 Å². The smallest absolute Gasteiger partial charge is 0.283 e. The molecule has 1 fully saturated rings. The van der Waals surface area contributed by atoms with Gasteiger partial charge in [0, 0.05) is 18.7 Å². The molecule has 0 saturated carbocycles. The van der Waals surface area contributed by atoms with Crippen LogP contribution in [0.2, 0.25) is 0 Å². The zero-order valence-electron chi connectivity index (χ0n) is 15.4. The van der Waals surface area contributed by atoms with E-state index in [0.717, 1.165) is 38.8 Å². The Balaban J connectivity index is 1.57. The fraction of sp³-hybridized carbons (Fsp3) is 0.421. The Labute approximate surface area is 160 Å². The predicted molar refractivity (Wildman–Crippen MR) is 100 cm³/mol. The van der Waals surface area contributed by atoms with E-state index in [4.69, 9.17) is 0 Å². The van der Waals surface area contributed by atoms with Gasteiger partial charge < -0.3 is 4.90 Å². The number of fused-ring (bicyclic) bond motifs is 1. The molecule has 0 atom stereocenters. The molecule has 0 aliphatic carbocycles. The summed E-state index contributed by atoms with van der Waals surface area (Å²) in [6.45, 7) is 1.50. The van der Waals surface area contributed by atoms with Gasteiger partial charge in [-0.15, -0.1) is 5.10 Å². The molecule has 0 unspecified atom stereocenters. The Morgan fingerprint density at radius 2 is 1.86 bits per heavy atom. The van der Waals surface area contributed by atoms with Gasteiger partial charge in [0.2, 0.25) is 5.91 Å². The summed E-state index contributed by atoms with van der Waals surface area (Å²) in [6, 6.07) is 6.34. The van der Waals surface area contributed by atoms with E-state index in [1.807, 2.05) is 0 Å². The van der Waals surface area contributed by atoms with E-state index < -0.39 is 5.56 Å². The number of likely N-dealkylation sites (tertiary alicyclic amines) is 1. The third kappa shape index (κ3) is 3.64. The molecule has 8 nitrogen and oxygen atoms in total. The number of halogens is 1. The van der Waals surface area contributed by atoms with Crippen LogP contribution < -0.4 is 5.56 Å². The van der Waals surface area contributed by atoms with Gasteiger partial charge in [0.1, 0.15) is 18.7 Å². The summed E-state index contributed by atoms with van der Waals surface area (Å²) in [5, 5.41) is 7.85. The zero-order valence-corrected chi connectivity index (χ0v) is 15.4. The highest BCUT2D eigenvalue weighted by atomic mass is 19.1. The maximum atomic E-state index is 13.9. The summed E-state index contributed by atoms with van der Waals surface area (Å²) >= 11 is 0. The third-order valence-electron chi connectivity index (χ3n) is 5.03. The number of rotatable bonds is 4. The highest BCUT2D eigenvalue weighted by Crippen LogP contribution is 2.12. The summed E-state index contributed by atoms with van der Waals surface area (Å²) in [5.74, 6) is -0.452. The standard InChI is InChI=1S/C19H21FN6O2/c20-15-8-4-3-7-14(15)11-26-18-17(22-23-26)19(28)25(13-21-18)12-16(27)24-9-5-1-2-6-10-24/h3-4,7-8,13H,1-2,5-6,9-12H2. The lowest BCUT2D eigenvalue weighted by molar-refractivity contribution is -0.131. The Morgan fingerprint density at radius 3 is 2.61 bits per heavy atom. The van der Waals surface area contributed by atoms with Gasteiger partial charge in [-0.1, -0.05) is 36.3 Å². The fourth-order valence-electron chi connectivity index (χ4n) is 3.46.